The summed E-state index contributed by atoms with van der Waals surface area (Å²) in [5.74, 6) is -0.509. The Labute approximate surface area is 171 Å². The Kier molecular flexibility index (Phi) is 5.98. The molecular formula is C24H25N3O2. The summed E-state index contributed by atoms with van der Waals surface area (Å²) in [6, 6.07) is 20.1. The van der Waals surface area contributed by atoms with E-state index in [4.69, 9.17) is 0 Å². The Hall–Kier alpha value is -3.60. The largest absolute Gasteiger partial charge is 0.378 e. The van der Waals surface area contributed by atoms with Crippen molar-refractivity contribution in [3.63, 3.8) is 0 Å². The molecule has 29 heavy (non-hydrogen) atoms. The van der Waals surface area contributed by atoms with Crippen molar-refractivity contribution in [1.29, 1.82) is 0 Å². The van der Waals surface area contributed by atoms with Gasteiger partial charge in [0, 0.05) is 42.3 Å². The van der Waals surface area contributed by atoms with Gasteiger partial charge in [-0.05, 0) is 67.9 Å². The van der Waals surface area contributed by atoms with Crippen LogP contribution in [0.2, 0.25) is 0 Å². The van der Waals surface area contributed by atoms with E-state index < -0.39 is 0 Å². The molecule has 0 saturated heterocycles. The molecule has 148 valence electrons. The number of benzene rings is 3. The molecule has 0 heterocycles. The average molecular weight is 387 g/mol. The van der Waals surface area contributed by atoms with Crippen molar-refractivity contribution in [2.24, 2.45) is 0 Å². The highest BCUT2D eigenvalue weighted by Crippen LogP contribution is 2.19. The van der Waals surface area contributed by atoms with Crippen LogP contribution < -0.4 is 15.5 Å². The number of rotatable bonds is 5. The summed E-state index contributed by atoms with van der Waals surface area (Å²) in [5, 5.41) is 5.78. The Morgan fingerprint density at radius 3 is 1.97 bits per heavy atom. The zero-order valence-corrected chi connectivity index (χ0v) is 17.1. The Morgan fingerprint density at radius 2 is 1.38 bits per heavy atom. The fraction of sp³-hybridized carbons (Fsp3) is 0.167. The van der Waals surface area contributed by atoms with Gasteiger partial charge in [-0.15, -0.1) is 0 Å². The third-order valence-corrected chi connectivity index (χ3v) is 4.66. The number of nitrogens with one attached hydrogen (secondary N) is 2. The molecule has 0 saturated carbocycles. The van der Waals surface area contributed by atoms with Crippen LogP contribution in [0.5, 0.6) is 0 Å². The van der Waals surface area contributed by atoms with Gasteiger partial charge in [-0.2, -0.15) is 0 Å². The highest BCUT2D eigenvalue weighted by Gasteiger charge is 2.12. The minimum atomic E-state index is -0.260. The van der Waals surface area contributed by atoms with Crippen LogP contribution in [-0.4, -0.2) is 25.9 Å². The summed E-state index contributed by atoms with van der Waals surface area (Å²) >= 11 is 0. The van der Waals surface area contributed by atoms with Gasteiger partial charge >= 0.3 is 0 Å². The number of amides is 2. The van der Waals surface area contributed by atoms with Gasteiger partial charge in [0.25, 0.3) is 11.8 Å². The summed E-state index contributed by atoms with van der Waals surface area (Å²) in [4.78, 5) is 27.2. The molecule has 0 spiro atoms. The molecule has 3 aromatic carbocycles. The van der Waals surface area contributed by atoms with Crippen molar-refractivity contribution in [1.82, 2.24) is 0 Å². The highest BCUT2D eigenvalue weighted by atomic mass is 16.2. The molecule has 0 aromatic heterocycles. The molecule has 0 unspecified atom stereocenters. The van der Waals surface area contributed by atoms with Gasteiger partial charge in [0.2, 0.25) is 0 Å². The molecule has 2 N–H and O–H groups in total. The maximum Gasteiger partial charge on any atom is 0.255 e. The monoisotopic (exact) mass is 387 g/mol. The standard InChI is InChI=1S/C24H25N3O2/c1-16-8-13-22(17(2)14-16)26-24(29)19-7-5-6-18(15-19)23(28)25-20-9-11-21(12-10-20)27(3)4/h5-15H,1-4H3,(H,25,28)(H,26,29). The van der Waals surface area contributed by atoms with Gasteiger partial charge < -0.3 is 15.5 Å². The van der Waals surface area contributed by atoms with Crippen LogP contribution in [-0.2, 0) is 0 Å². The van der Waals surface area contributed by atoms with Crippen LogP contribution in [0.3, 0.4) is 0 Å². The number of carbonyl (C=O) groups is 2. The second-order valence-corrected chi connectivity index (χ2v) is 7.25. The Balaban J connectivity index is 1.72. The van der Waals surface area contributed by atoms with Gasteiger partial charge in [-0.1, -0.05) is 23.8 Å². The predicted octanol–water partition coefficient (Wildman–Crippen LogP) is 4.87. The molecule has 0 aliphatic rings. The lowest BCUT2D eigenvalue weighted by Gasteiger charge is -2.13. The van der Waals surface area contributed by atoms with E-state index in [9.17, 15) is 9.59 Å². The molecule has 0 aliphatic heterocycles. The van der Waals surface area contributed by atoms with E-state index in [0.29, 0.717) is 16.8 Å². The number of carbonyl (C=O) groups excluding carboxylic acids is 2. The van der Waals surface area contributed by atoms with E-state index in [1.165, 1.54) is 0 Å². The van der Waals surface area contributed by atoms with Crippen LogP contribution in [0.15, 0.2) is 66.7 Å². The molecule has 5 heteroatoms. The first-order valence-corrected chi connectivity index (χ1v) is 9.41. The summed E-state index contributed by atoms with van der Waals surface area (Å²) < 4.78 is 0. The van der Waals surface area contributed by atoms with Crippen molar-refractivity contribution < 1.29 is 9.59 Å². The molecule has 0 fully saturated rings. The van der Waals surface area contributed by atoms with E-state index in [1.807, 2.05) is 75.3 Å². The molecule has 3 aromatic rings. The molecule has 0 atom stereocenters. The van der Waals surface area contributed by atoms with E-state index in [0.717, 1.165) is 22.5 Å². The van der Waals surface area contributed by atoms with Crippen LogP contribution in [0.1, 0.15) is 31.8 Å². The lowest BCUT2D eigenvalue weighted by Crippen LogP contribution is -2.16. The number of aryl methyl sites for hydroxylation is 2. The third-order valence-electron chi connectivity index (χ3n) is 4.66. The first kappa shape index (κ1) is 20.1. The normalized spacial score (nSPS) is 10.3. The first-order chi connectivity index (χ1) is 13.8. The van der Waals surface area contributed by atoms with E-state index >= 15 is 0 Å². The van der Waals surface area contributed by atoms with Gasteiger partial charge in [0.1, 0.15) is 0 Å². The van der Waals surface area contributed by atoms with Crippen LogP contribution in [0.4, 0.5) is 17.1 Å². The third kappa shape index (κ3) is 5.02. The second kappa shape index (κ2) is 8.61. The second-order valence-electron chi connectivity index (χ2n) is 7.25. The summed E-state index contributed by atoms with van der Waals surface area (Å²) in [7, 11) is 3.92. The molecule has 0 bridgehead atoms. The summed E-state index contributed by atoms with van der Waals surface area (Å²) in [6.45, 7) is 3.96. The molecule has 0 aliphatic carbocycles. The topological polar surface area (TPSA) is 61.4 Å². The summed E-state index contributed by atoms with van der Waals surface area (Å²) in [6.07, 6.45) is 0. The highest BCUT2D eigenvalue weighted by molar-refractivity contribution is 6.09. The van der Waals surface area contributed by atoms with E-state index in [-0.39, 0.29) is 11.8 Å². The number of nitrogens with zero attached hydrogens (tertiary/aromatic N) is 1. The Morgan fingerprint density at radius 1 is 0.759 bits per heavy atom. The van der Waals surface area contributed by atoms with Crippen LogP contribution in [0.25, 0.3) is 0 Å². The minimum Gasteiger partial charge on any atom is -0.378 e. The van der Waals surface area contributed by atoms with Gasteiger partial charge in [-0.3, -0.25) is 9.59 Å². The molecule has 0 radical (unpaired) electrons. The van der Waals surface area contributed by atoms with Gasteiger partial charge in [0.15, 0.2) is 0 Å². The first-order valence-electron chi connectivity index (χ1n) is 9.41. The Bertz CT molecular complexity index is 1040. The van der Waals surface area contributed by atoms with Crippen LogP contribution in [0, 0.1) is 13.8 Å². The van der Waals surface area contributed by atoms with Crippen LogP contribution >= 0.6 is 0 Å². The zero-order chi connectivity index (χ0) is 21.0. The fourth-order valence-electron chi connectivity index (χ4n) is 3.00. The van der Waals surface area contributed by atoms with Gasteiger partial charge in [0.05, 0.1) is 0 Å². The smallest absolute Gasteiger partial charge is 0.255 e. The quantitative estimate of drug-likeness (QED) is 0.656. The van der Waals surface area contributed by atoms with Gasteiger partial charge in [-0.25, -0.2) is 0 Å². The summed E-state index contributed by atoms with van der Waals surface area (Å²) in [5.41, 5.74) is 5.50. The molecule has 5 nitrogen and oxygen atoms in total. The molecular weight excluding hydrogens is 362 g/mol. The lowest BCUT2D eigenvalue weighted by atomic mass is 10.1. The lowest BCUT2D eigenvalue weighted by molar-refractivity contribution is 0.102. The van der Waals surface area contributed by atoms with Crippen molar-refractivity contribution in [3.05, 3.63) is 89.0 Å². The SMILES string of the molecule is Cc1ccc(NC(=O)c2cccc(C(=O)Nc3ccc(N(C)C)cc3)c2)c(C)c1. The maximum atomic E-state index is 12.6. The average Bonchev–Trinajstić information content (AvgIpc) is 2.70. The predicted molar refractivity (Wildman–Crippen MR) is 119 cm³/mol. The number of hydrogen-bond donors (Lipinski definition) is 2. The van der Waals surface area contributed by atoms with Crippen molar-refractivity contribution in [2.45, 2.75) is 13.8 Å². The van der Waals surface area contributed by atoms with E-state index in [1.54, 1.807) is 24.3 Å². The zero-order valence-electron chi connectivity index (χ0n) is 17.1. The fourth-order valence-corrected chi connectivity index (χ4v) is 3.00. The number of anilines is 3. The van der Waals surface area contributed by atoms with Crippen molar-refractivity contribution in [3.8, 4) is 0 Å². The van der Waals surface area contributed by atoms with Crippen molar-refractivity contribution >= 4 is 28.9 Å². The maximum absolute atomic E-state index is 12.6. The van der Waals surface area contributed by atoms with E-state index in [2.05, 4.69) is 10.6 Å². The molecule has 3 rings (SSSR count). The van der Waals surface area contributed by atoms with Crippen molar-refractivity contribution in [2.75, 3.05) is 29.6 Å². The minimum absolute atomic E-state index is 0.248. The number of hydrogen-bond acceptors (Lipinski definition) is 3. The molecule has 2 amide bonds.